The average molecular weight is 423 g/mol. The van der Waals surface area contributed by atoms with Crippen LogP contribution in [0.4, 0.5) is 4.39 Å². The molecule has 0 radical (unpaired) electrons. The molecule has 0 aromatic heterocycles. The molecule has 0 atom stereocenters. The van der Waals surface area contributed by atoms with E-state index in [2.05, 4.69) is 50.4 Å². The fraction of sp³-hybridized carbons (Fsp3) is 0.462. The number of amides is 2. The van der Waals surface area contributed by atoms with Gasteiger partial charge in [0.25, 0.3) is 5.91 Å². The molecular formula is C26H31FN2O2. The molecule has 1 saturated carbocycles. The average Bonchev–Trinajstić information content (AvgIpc) is 3.56. The number of likely N-dealkylation sites (tertiary alicyclic amines) is 1. The summed E-state index contributed by atoms with van der Waals surface area (Å²) >= 11 is 0. The maximum absolute atomic E-state index is 13.9. The van der Waals surface area contributed by atoms with Crippen LogP contribution < -0.4 is 5.32 Å². The number of hydrogen-bond acceptors (Lipinski definition) is 2. The number of benzene rings is 2. The van der Waals surface area contributed by atoms with E-state index in [0.717, 1.165) is 18.4 Å². The zero-order chi connectivity index (χ0) is 22.2. The molecule has 1 heterocycles. The zero-order valence-electron chi connectivity index (χ0n) is 18.6. The van der Waals surface area contributed by atoms with E-state index in [4.69, 9.17) is 0 Å². The van der Waals surface area contributed by atoms with Crippen molar-refractivity contribution in [2.45, 2.75) is 63.3 Å². The number of nitrogens with one attached hydrogen (secondary N) is 1. The lowest BCUT2D eigenvalue weighted by molar-refractivity contribution is -0.124. The minimum absolute atomic E-state index is 0.0449. The Morgan fingerprint density at radius 3 is 2.16 bits per heavy atom. The van der Waals surface area contributed by atoms with Crippen molar-refractivity contribution in [1.29, 1.82) is 0 Å². The molecule has 2 amide bonds. The van der Waals surface area contributed by atoms with E-state index in [1.807, 2.05) is 0 Å². The van der Waals surface area contributed by atoms with E-state index >= 15 is 0 Å². The zero-order valence-corrected chi connectivity index (χ0v) is 18.6. The van der Waals surface area contributed by atoms with Crippen molar-refractivity contribution in [2.24, 2.45) is 0 Å². The van der Waals surface area contributed by atoms with Crippen LogP contribution in [0, 0.1) is 5.82 Å². The Morgan fingerprint density at radius 2 is 1.61 bits per heavy atom. The molecule has 0 bridgehead atoms. The van der Waals surface area contributed by atoms with Gasteiger partial charge in [0.05, 0.1) is 11.0 Å². The summed E-state index contributed by atoms with van der Waals surface area (Å²) < 4.78 is 13.9. The third-order valence-electron chi connectivity index (χ3n) is 6.71. The highest BCUT2D eigenvalue weighted by Crippen LogP contribution is 2.48. The monoisotopic (exact) mass is 422 g/mol. The first-order chi connectivity index (χ1) is 14.7. The van der Waals surface area contributed by atoms with Crippen LogP contribution in [0.2, 0.25) is 0 Å². The summed E-state index contributed by atoms with van der Waals surface area (Å²) in [6, 6.07) is 14.6. The maximum atomic E-state index is 13.9. The van der Waals surface area contributed by atoms with Crippen molar-refractivity contribution < 1.29 is 14.0 Å². The predicted octanol–water partition coefficient (Wildman–Crippen LogP) is 4.58. The van der Waals surface area contributed by atoms with Crippen molar-refractivity contribution >= 4 is 11.8 Å². The number of halogens is 1. The largest absolute Gasteiger partial charge is 0.352 e. The van der Waals surface area contributed by atoms with E-state index < -0.39 is 11.2 Å². The number of nitrogens with zero attached hydrogens (tertiary/aromatic N) is 1. The summed E-state index contributed by atoms with van der Waals surface area (Å²) in [7, 11) is 0. The molecule has 1 N–H and O–H groups in total. The second-order valence-corrected chi connectivity index (χ2v) is 9.93. The normalized spacial score (nSPS) is 18.5. The molecule has 0 unspecified atom stereocenters. The molecule has 2 fully saturated rings. The Labute approximate surface area is 183 Å². The molecule has 4 nitrogen and oxygen atoms in total. The van der Waals surface area contributed by atoms with Gasteiger partial charge in [0, 0.05) is 19.1 Å². The summed E-state index contributed by atoms with van der Waals surface area (Å²) in [6.45, 7) is 7.59. The lowest BCUT2D eigenvalue weighted by atomic mass is 9.84. The quantitative estimate of drug-likeness (QED) is 0.784. The van der Waals surface area contributed by atoms with Gasteiger partial charge < -0.3 is 10.2 Å². The first-order valence-corrected chi connectivity index (χ1v) is 11.2. The smallest absolute Gasteiger partial charge is 0.256 e. The van der Waals surface area contributed by atoms with Crippen LogP contribution in [0.25, 0.3) is 0 Å². The standard InChI is InChI=1S/C26H31FN2O2/c1-25(2,3)18-8-10-19(11-9-18)26(14-15-26)24(31)28-20-12-16-29(17-13-20)23(30)21-6-4-5-7-22(21)27/h4-11,20H,12-17H2,1-3H3,(H,28,31). The van der Waals surface area contributed by atoms with Crippen LogP contribution in [0.15, 0.2) is 48.5 Å². The molecule has 0 spiro atoms. The van der Waals surface area contributed by atoms with Gasteiger partial charge in [-0.2, -0.15) is 0 Å². The fourth-order valence-electron chi connectivity index (χ4n) is 4.42. The minimum Gasteiger partial charge on any atom is -0.352 e. The third kappa shape index (κ3) is 4.36. The van der Waals surface area contributed by atoms with Crippen LogP contribution >= 0.6 is 0 Å². The molecule has 5 heteroatoms. The van der Waals surface area contributed by atoms with Crippen molar-refractivity contribution in [3.8, 4) is 0 Å². The van der Waals surface area contributed by atoms with E-state index in [1.165, 1.54) is 17.7 Å². The summed E-state index contributed by atoms with van der Waals surface area (Å²) in [5, 5.41) is 3.22. The van der Waals surface area contributed by atoms with Crippen LogP contribution in [0.3, 0.4) is 0 Å². The van der Waals surface area contributed by atoms with Crippen molar-refractivity contribution in [3.63, 3.8) is 0 Å². The summed E-state index contributed by atoms with van der Waals surface area (Å²) in [4.78, 5) is 27.4. The lowest BCUT2D eigenvalue weighted by Gasteiger charge is -2.33. The minimum atomic E-state index is -0.490. The van der Waals surface area contributed by atoms with Crippen LogP contribution in [-0.2, 0) is 15.6 Å². The SMILES string of the molecule is CC(C)(C)c1ccc(C2(C(=O)NC3CCN(C(=O)c4ccccc4F)CC3)CC2)cc1. The number of hydrogen-bond donors (Lipinski definition) is 1. The Hall–Kier alpha value is -2.69. The van der Waals surface area contributed by atoms with Gasteiger partial charge >= 0.3 is 0 Å². The van der Waals surface area contributed by atoms with Gasteiger partial charge in [-0.1, -0.05) is 57.2 Å². The van der Waals surface area contributed by atoms with Crippen LogP contribution in [0.1, 0.15) is 67.9 Å². The van der Waals surface area contributed by atoms with Crippen molar-refractivity contribution in [2.75, 3.05) is 13.1 Å². The van der Waals surface area contributed by atoms with Gasteiger partial charge in [0.15, 0.2) is 0 Å². The molecule has 1 aliphatic heterocycles. The van der Waals surface area contributed by atoms with Gasteiger partial charge in [-0.25, -0.2) is 4.39 Å². The molecule has 2 aliphatic rings. The second kappa shape index (κ2) is 8.10. The fourth-order valence-corrected chi connectivity index (χ4v) is 4.42. The Balaban J connectivity index is 1.35. The van der Waals surface area contributed by atoms with E-state index in [0.29, 0.717) is 25.9 Å². The van der Waals surface area contributed by atoms with E-state index in [1.54, 1.807) is 17.0 Å². The Morgan fingerprint density at radius 1 is 1.00 bits per heavy atom. The van der Waals surface area contributed by atoms with Gasteiger partial charge in [0.1, 0.15) is 5.82 Å². The highest BCUT2D eigenvalue weighted by Gasteiger charge is 2.51. The molecule has 4 rings (SSSR count). The van der Waals surface area contributed by atoms with Gasteiger partial charge in [-0.15, -0.1) is 0 Å². The molecule has 31 heavy (non-hydrogen) atoms. The first kappa shape index (κ1) is 21.5. The van der Waals surface area contributed by atoms with Crippen LogP contribution in [-0.4, -0.2) is 35.8 Å². The highest BCUT2D eigenvalue weighted by molar-refractivity contribution is 5.94. The number of carbonyl (C=O) groups excluding carboxylic acids is 2. The van der Waals surface area contributed by atoms with Crippen molar-refractivity contribution in [3.05, 3.63) is 71.0 Å². The Bertz CT molecular complexity index is 966. The summed E-state index contributed by atoms with van der Waals surface area (Å²) in [5.74, 6) is -0.675. The number of carbonyl (C=O) groups is 2. The third-order valence-corrected chi connectivity index (χ3v) is 6.71. The topological polar surface area (TPSA) is 49.4 Å². The summed E-state index contributed by atoms with van der Waals surface area (Å²) in [5.41, 5.74) is 2.15. The molecule has 164 valence electrons. The van der Waals surface area contributed by atoms with E-state index in [-0.39, 0.29) is 28.8 Å². The van der Waals surface area contributed by atoms with Gasteiger partial charge in [-0.3, -0.25) is 9.59 Å². The molecule has 2 aromatic rings. The van der Waals surface area contributed by atoms with Crippen molar-refractivity contribution in [1.82, 2.24) is 10.2 Å². The molecular weight excluding hydrogens is 391 g/mol. The van der Waals surface area contributed by atoms with E-state index in [9.17, 15) is 14.0 Å². The highest BCUT2D eigenvalue weighted by atomic mass is 19.1. The molecule has 2 aromatic carbocycles. The summed E-state index contributed by atoms with van der Waals surface area (Å²) in [6.07, 6.45) is 3.12. The van der Waals surface area contributed by atoms with Crippen LogP contribution in [0.5, 0.6) is 0 Å². The predicted molar refractivity (Wildman–Crippen MR) is 120 cm³/mol. The maximum Gasteiger partial charge on any atom is 0.256 e. The first-order valence-electron chi connectivity index (χ1n) is 11.2. The number of rotatable bonds is 4. The lowest BCUT2D eigenvalue weighted by Crippen LogP contribution is -2.49. The molecule has 1 aliphatic carbocycles. The molecule has 1 saturated heterocycles. The number of piperidine rings is 1. The van der Waals surface area contributed by atoms with Gasteiger partial charge in [0.2, 0.25) is 5.91 Å². The second-order valence-electron chi connectivity index (χ2n) is 9.93. The van der Waals surface area contributed by atoms with Gasteiger partial charge in [-0.05, 0) is 54.4 Å². The Kier molecular flexibility index (Phi) is 5.63.